The monoisotopic (exact) mass is 421 g/mol. The van der Waals surface area contributed by atoms with E-state index in [1.54, 1.807) is 10.9 Å². The zero-order valence-electron chi connectivity index (χ0n) is 15.1. The molecule has 0 aliphatic carbocycles. The van der Waals surface area contributed by atoms with Crippen molar-refractivity contribution in [2.24, 2.45) is 0 Å². The van der Waals surface area contributed by atoms with Crippen LogP contribution in [0.4, 0.5) is 35.0 Å². The Morgan fingerprint density at radius 3 is 2.61 bits per heavy atom. The number of hydrogen-bond acceptors (Lipinski definition) is 6. The fourth-order valence-electron chi connectivity index (χ4n) is 3.13. The summed E-state index contributed by atoms with van der Waals surface area (Å²) in [6, 6.07) is 0.116. The van der Waals surface area contributed by atoms with Crippen LogP contribution < -0.4 is 10.6 Å². The molecule has 0 aromatic carbocycles. The van der Waals surface area contributed by atoms with Crippen LogP contribution in [0.5, 0.6) is 0 Å². The van der Waals surface area contributed by atoms with Crippen LogP contribution in [0.2, 0.25) is 5.15 Å². The Bertz CT molecular complexity index is 803. The average molecular weight is 422 g/mol. The van der Waals surface area contributed by atoms with Crippen LogP contribution in [0, 0.1) is 0 Å². The highest BCUT2D eigenvalue weighted by molar-refractivity contribution is 6.32. The second-order valence-electron chi connectivity index (χ2n) is 6.40. The van der Waals surface area contributed by atoms with Gasteiger partial charge in [-0.3, -0.25) is 4.68 Å². The molecule has 0 saturated carbocycles. The third-order valence-electron chi connectivity index (χ3n) is 4.60. The summed E-state index contributed by atoms with van der Waals surface area (Å²) >= 11 is 6.16. The quantitative estimate of drug-likeness (QED) is 0.692. The minimum atomic E-state index is -4.56. The van der Waals surface area contributed by atoms with Crippen molar-refractivity contribution in [2.45, 2.75) is 25.1 Å². The summed E-state index contributed by atoms with van der Waals surface area (Å²) in [6.07, 6.45) is -0.565. The SMILES string of the molecule is CNc1nc(Nc2cn(C3CCN(CCF)CC3)nc2Cl)ncc1C(F)(F)F. The number of alkyl halides is 4. The summed E-state index contributed by atoms with van der Waals surface area (Å²) in [5.41, 5.74) is -0.558. The van der Waals surface area contributed by atoms with E-state index in [0.29, 0.717) is 18.4 Å². The average Bonchev–Trinajstić information content (AvgIpc) is 3.02. The maximum absolute atomic E-state index is 12.9. The number of rotatable bonds is 6. The molecule has 154 valence electrons. The van der Waals surface area contributed by atoms with Crippen molar-refractivity contribution in [3.05, 3.63) is 23.1 Å². The number of nitrogens with one attached hydrogen (secondary N) is 2. The Morgan fingerprint density at radius 2 is 2.00 bits per heavy atom. The van der Waals surface area contributed by atoms with Crippen molar-refractivity contribution in [2.75, 3.05) is 44.0 Å². The molecule has 3 heterocycles. The van der Waals surface area contributed by atoms with E-state index in [1.807, 2.05) is 0 Å². The van der Waals surface area contributed by atoms with Crippen molar-refractivity contribution >= 4 is 29.1 Å². The van der Waals surface area contributed by atoms with Gasteiger partial charge in [0.15, 0.2) is 5.15 Å². The highest BCUT2D eigenvalue weighted by Gasteiger charge is 2.35. The van der Waals surface area contributed by atoms with Crippen LogP contribution in [0.1, 0.15) is 24.4 Å². The first-order chi connectivity index (χ1) is 13.3. The van der Waals surface area contributed by atoms with E-state index < -0.39 is 11.7 Å². The van der Waals surface area contributed by atoms with Crippen molar-refractivity contribution in [3.8, 4) is 0 Å². The standard InChI is InChI=1S/C16H20ClF4N7/c1-22-14-11(16(19,20)21)8-23-15(25-14)24-12-9-28(26-13(12)17)10-2-5-27(6-3-10)7-4-18/h8-10H,2-7H2,1H3,(H2,22,23,24,25). The van der Waals surface area contributed by atoms with Gasteiger partial charge >= 0.3 is 6.18 Å². The van der Waals surface area contributed by atoms with Gasteiger partial charge < -0.3 is 15.5 Å². The first-order valence-corrected chi connectivity index (χ1v) is 9.11. The fourth-order valence-corrected chi connectivity index (χ4v) is 3.31. The van der Waals surface area contributed by atoms with Gasteiger partial charge in [-0.2, -0.15) is 23.3 Å². The van der Waals surface area contributed by atoms with E-state index in [4.69, 9.17) is 11.6 Å². The Kier molecular flexibility index (Phi) is 6.23. The largest absolute Gasteiger partial charge is 0.421 e. The predicted molar refractivity (Wildman–Crippen MR) is 97.8 cm³/mol. The minimum Gasteiger partial charge on any atom is -0.372 e. The molecule has 2 aromatic rings. The molecule has 2 aromatic heterocycles. The van der Waals surface area contributed by atoms with Crippen LogP contribution in [-0.4, -0.2) is 58.0 Å². The Morgan fingerprint density at radius 1 is 1.29 bits per heavy atom. The lowest BCUT2D eigenvalue weighted by Gasteiger charge is -2.31. The maximum atomic E-state index is 12.9. The lowest BCUT2D eigenvalue weighted by molar-refractivity contribution is -0.137. The van der Waals surface area contributed by atoms with E-state index in [2.05, 4.69) is 30.6 Å². The summed E-state index contributed by atoms with van der Waals surface area (Å²) in [5, 5.41) is 9.67. The summed E-state index contributed by atoms with van der Waals surface area (Å²) in [7, 11) is 1.35. The molecule has 1 aliphatic rings. The van der Waals surface area contributed by atoms with Gasteiger partial charge in [0.05, 0.1) is 17.9 Å². The first kappa shape index (κ1) is 20.6. The lowest BCUT2D eigenvalue weighted by Crippen LogP contribution is -2.36. The Hall–Kier alpha value is -2.14. The van der Waals surface area contributed by atoms with E-state index in [1.165, 1.54) is 7.05 Å². The van der Waals surface area contributed by atoms with E-state index in [0.717, 1.165) is 25.9 Å². The highest BCUT2D eigenvalue weighted by Crippen LogP contribution is 2.34. The van der Waals surface area contributed by atoms with Gasteiger partial charge in [0, 0.05) is 32.9 Å². The molecule has 3 rings (SSSR count). The van der Waals surface area contributed by atoms with Crippen molar-refractivity contribution in [3.63, 3.8) is 0 Å². The van der Waals surface area contributed by atoms with Crippen LogP contribution in [-0.2, 0) is 6.18 Å². The lowest BCUT2D eigenvalue weighted by atomic mass is 10.1. The number of nitrogens with zero attached hydrogens (tertiary/aromatic N) is 5. The number of halogens is 5. The normalized spacial score (nSPS) is 16.4. The van der Waals surface area contributed by atoms with Crippen LogP contribution in [0.15, 0.2) is 12.4 Å². The molecule has 2 N–H and O–H groups in total. The Labute approximate surface area is 164 Å². The van der Waals surface area contributed by atoms with Crippen LogP contribution in [0.3, 0.4) is 0 Å². The zero-order chi connectivity index (χ0) is 20.3. The number of hydrogen-bond donors (Lipinski definition) is 2. The van der Waals surface area contributed by atoms with Gasteiger partial charge in [-0.1, -0.05) is 11.6 Å². The van der Waals surface area contributed by atoms with Gasteiger partial charge in [0.2, 0.25) is 5.95 Å². The molecule has 0 spiro atoms. The molecule has 12 heteroatoms. The van der Waals surface area contributed by atoms with Crippen LogP contribution in [0.25, 0.3) is 0 Å². The van der Waals surface area contributed by atoms with Crippen LogP contribution >= 0.6 is 11.6 Å². The first-order valence-electron chi connectivity index (χ1n) is 8.73. The van der Waals surface area contributed by atoms with Crippen molar-refractivity contribution in [1.82, 2.24) is 24.6 Å². The summed E-state index contributed by atoms with van der Waals surface area (Å²) in [4.78, 5) is 9.63. The molecule has 1 aliphatic heterocycles. The van der Waals surface area contributed by atoms with Crippen molar-refractivity contribution in [1.29, 1.82) is 0 Å². The fraction of sp³-hybridized carbons (Fsp3) is 0.562. The van der Waals surface area contributed by atoms with Gasteiger partial charge in [-0.05, 0) is 12.8 Å². The molecule has 1 fully saturated rings. The van der Waals surface area contributed by atoms with Gasteiger partial charge in [-0.25, -0.2) is 9.37 Å². The molecule has 0 radical (unpaired) electrons. The second-order valence-corrected chi connectivity index (χ2v) is 6.76. The van der Waals surface area contributed by atoms with E-state index >= 15 is 0 Å². The Balaban J connectivity index is 1.72. The summed E-state index contributed by atoms with van der Waals surface area (Å²) in [5.74, 6) is -0.370. The smallest absolute Gasteiger partial charge is 0.372 e. The van der Waals surface area contributed by atoms with Gasteiger partial charge in [0.1, 0.15) is 18.1 Å². The number of likely N-dealkylation sites (tertiary alicyclic amines) is 1. The molecule has 0 unspecified atom stereocenters. The van der Waals surface area contributed by atoms with Gasteiger partial charge in [-0.15, -0.1) is 0 Å². The highest BCUT2D eigenvalue weighted by atomic mass is 35.5. The third kappa shape index (κ3) is 4.64. The molecular weight excluding hydrogens is 402 g/mol. The molecule has 0 atom stereocenters. The molecular formula is C16H20ClF4N7. The number of aromatic nitrogens is 4. The predicted octanol–water partition coefficient (Wildman–Crippen LogP) is 3.74. The molecule has 0 bridgehead atoms. The van der Waals surface area contributed by atoms with Gasteiger partial charge in [0.25, 0.3) is 0 Å². The van der Waals surface area contributed by atoms with E-state index in [9.17, 15) is 17.6 Å². The van der Waals surface area contributed by atoms with Crippen molar-refractivity contribution < 1.29 is 17.6 Å². The second kappa shape index (κ2) is 8.48. The van der Waals surface area contributed by atoms with E-state index in [-0.39, 0.29) is 29.6 Å². The summed E-state index contributed by atoms with van der Waals surface area (Å²) in [6.45, 7) is 1.59. The number of piperidine rings is 1. The topological polar surface area (TPSA) is 70.9 Å². The summed E-state index contributed by atoms with van der Waals surface area (Å²) < 4.78 is 53.0. The maximum Gasteiger partial charge on any atom is 0.421 e. The third-order valence-corrected chi connectivity index (χ3v) is 4.88. The molecule has 7 nitrogen and oxygen atoms in total. The molecule has 0 amide bonds. The number of anilines is 3. The molecule has 1 saturated heterocycles. The molecule has 28 heavy (non-hydrogen) atoms. The zero-order valence-corrected chi connectivity index (χ0v) is 15.9. The minimum absolute atomic E-state index is 0.0310.